The van der Waals surface area contributed by atoms with E-state index in [1.165, 1.54) is 17.6 Å². The van der Waals surface area contributed by atoms with Crippen molar-refractivity contribution < 1.29 is 9.90 Å². The van der Waals surface area contributed by atoms with Gasteiger partial charge in [0, 0.05) is 5.56 Å². The second-order valence-corrected chi connectivity index (χ2v) is 6.91. The first kappa shape index (κ1) is 18.7. The molecule has 0 atom stereocenters. The van der Waals surface area contributed by atoms with Crippen LogP contribution in [0.5, 0.6) is 0 Å². The Kier molecular flexibility index (Phi) is 6.31. The summed E-state index contributed by atoms with van der Waals surface area (Å²) in [6, 6.07) is 9.67. The smallest absolute Gasteiger partial charge is 0.273 e. The van der Waals surface area contributed by atoms with Gasteiger partial charge in [-0.25, -0.2) is 0 Å². The number of nitrogens with one attached hydrogen (secondary N) is 1. The SMILES string of the molecule is CC(C)(O)CN=C/C(=N\N)C(=O)NCc1nnc(-c2ccccc2)s1. The maximum Gasteiger partial charge on any atom is 0.273 e. The maximum atomic E-state index is 12.1. The molecule has 4 N–H and O–H groups in total. The molecule has 0 saturated heterocycles. The average Bonchev–Trinajstić information content (AvgIpc) is 3.05. The molecule has 9 heteroatoms. The Labute approximate surface area is 149 Å². The van der Waals surface area contributed by atoms with Gasteiger partial charge in [-0.3, -0.25) is 9.79 Å². The van der Waals surface area contributed by atoms with E-state index in [1.54, 1.807) is 13.8 Å². The molecule has 0 unspecified atom stereocenters. The fraction of sp³-hybridized carbons (Fsp3) is 0.312. The third kappa shape index (κ3) is 6.05. The van der Waals surface area contributed by atoms with E-state index >= 15 is 0 Å². The zero-order chi connectivity index (χ0) is 18.3. The molecule has 1 aromatic heterocycles. The zero-order valence-electron chi connectivity index (χ0n) is 14.0. The van der Waals surface area contributed by atoms with Crippen LogP contribution in [0.4, 0.5) is 0 Å². The monoisotopic (exact) mass is 360 g/mol. The van der Waals surface area contributed by atoms with Crippen LogP contribution in [-0.4, -0.2) is 45.3 Å². The second kappa shape index (κ2) is 8.45. The summed E-state index contributed by atoms with van der Waals surface area (Å²) in [7, 11) is 0. The van der Waals surface area contributed by atoms with Crippen LogP contribution in [0, 0.1) is 0 Å². The third-order valence-electron chi connectivity index (χ3n) is 2.95. The number of aliphatic imine (C=N–C) groups is 1. The molecule has 25 heavy (non-hydrogen) atoms. The van der Waals surface area contributed by atoms with Crippen molar-refractivity contribution in [2.24, 2.45) is 15.9 Å². The van der Waals surface area contributed by atoms with Gasteiger partial charge in [0.05, 0.1) is 24.9 Å². The largest absolute Gasteiger partial charge is 0.389 e. The van der Waals surface area contributed by atoms with Crippen LogP contribution in [0.3, 0.4) is 0 Å². The van der Waals surface area contributed by atoms with Gasteiger partial charge >= 0.3 is 0 Å². The van der Waals surface area contributed by atoms with Crippen molar-refractivity contribution in [1.82, 2.24) is 15.5 Å². The summed E-state index contributed by atoms with van der Waals surface area (Å²) in [4.78, 5) is 16.0. The van der Waals surface area contributed by atoms with Gasteiger partial charge in [-0.15, -0.1) is 10.2 Å². The molecule has 132 valence electrons. The maximum absolute atomic E-state index is 12.1. The van der Waals surface area contributed by atoms with Crippen molar-refractivity contribution in [3.63, 3.8) is 0 Å². The molecule has 0 radical (unpaired) electrons. The minimum atomic E-state index is -0.965. The van der Waals surface area contributed by atoms with Crippen molar-refractivity contribution in [1.29, 1.82) is 0 Å². The lowest BCUT2D eigenvalue weighted by atomic mass is 10.1. The van der Waals surface area contributed by atoms with E-state index in [1.807, 2.05) is 30.3 Å². The molecule has 0 aliphatic heterocycles. The van der Waals surface area contributed by atoms with Crippen LogP contribution in [0.25, 0.3) is 10.6 Å². The van der Waals surface area contributed by atoms with E-state index in [9.17, 15) is 9.90 Å². The van der Waals surface area contributed by atoms with E-state index in [4.69, 9.17) is 5.84 Å². The Bertz CT molecular complexity index is 764. The van der Waals surface area contributed by atoms with Gasteiger partial charge in [0.1, 0.15) is 10.0 Å². The normalized spacial score (nSPS) is 12.5. The van der Waals surface area contributed by atoms with Gasteiger partial charge in [-0.1, -0.05) is 41.7 Å². The molecule has 1 amide bonds. The number of nitrogens with zero attached hydrogens (tertiary/aromatic N) is 4. The lowest BCUT2D eigenvalue weighted by Gasteiger charge is -2.12. The fourth-order valence-corrected chi connectivity index (χ4v) is 2.56. The number of benzene rings is 1. The number of aliphatic hydroxyl groups is 1. The lowest BCUT2D eigenvalue weighted by molar-refractivity contribution is -0.114. The molecular weight excluding hydrogens is 340 g/mol. The van der Waals surface area contributed by atoms with E-state index < -0.39 is 11.5 Å². The van der Waals surface area contributed by atoms with Crippen molar-refractivity contribution in [2.45, 2.75) is 26.0 Å². The highest BCUT2D eigenvalue weighted by molar-refractivity contribution is 7.14. The van der Waals surface area contributed by atoms with Crippen LogP contribution in [0.1, 0.15) is 18.9 Å². The van der Waals surface area contributed by atoms with Crippen molar-refractivity contribution >= 4 is 29.2 Å². The quantitative estimate of drug-likeness (QED) is 0.385. The fourth-order valence-electron chi connectivity index (χ4n) is 1.77. The van der Waals surface area contributed by atoms with Gasteiger partial charge in [0.25, 0.3) is 5.91 Å². The van der Waals surface area contributed by atoms with Crippen molar-refractivity contribution in [2.75, 3.05) is 6.54 Å². The number of aromatic nitrogens is 2. The first-order chi connectivity index (χ1) is 11.9. The summed E-state index contributed by atoms with van der Waals surface area (Å²) >= 11 is 1.39. The number of hydrogen-bond acceptors (Lipinski definition) is 8. The Balaban J connectivity index is 1.92. The summed E-state index contributed by atoms with van der Waals surface area (Å²) in [5.41, 5.74) is -0.0230. The van der Waals surface area contributed by atoms with Crippen molar-refractivity contribution in [3.8, 4) is 10.6 Å². The Morgan fingerprint density at radius 2 is 2.08 bits per heavy atom. The zero-order valence-corrected chi connectivity index (χ0v) is 14.8. The molecule has 0 aliphatic carbocycles. The molecule has 0 bridgehead atoms. The number of carbonyl (C=O) groups is 1. The Morgan fingerprint density at radius 1 is 1.36 bits per heavy atom. The molecule has 1 aromatic carbocycles. The topological polar surface area (TPSA) is 126 Å². The molecule has 2 aromatic rings. The number of nitrogens with two attached hydrogens (primary N) is 1. The highest BCUT2D eigenvalue weighted by Gasteiger charge is 2.13. The summed E-state index contributed by atoms with van der Waals surface area (Å²) in [5, 5.41) is 25.3. The molecule has 1 heterocycles. The molecule has 0 aliphatic rings. The van der Waals surface area contributed by atoms with Crippen LogP contribution < -0.4 is 11.2 Å². The predicted molar refractivity (Wildman–Crippen MR) is 98.5 cm³/mol. The Morgan fingerprint density at radius 3 is 2.72 bits per heavy atom. The van der Waals surface area contributed by atoms with Gasteiger partial charge in [0.15, 0.2) is 5.71 Å². The van der Waals surface area contributed by atoms with Crippen LogP contribution in [0.15, 0.2) is 40.4 Å². The highest BCUT2D eigenvalue weighted by atomic mass is 32.1. The summed E-state index contributed by atoms with van der Waals surface area (Å²) in [6.45, 7) is 3.57. The van der Waals surface area contributed by atoms with Gasteiger partial charge < -0.3 is 16.3 Å². The molecule has 2 rings (SSSR count). The van der Waals surface area contributed by atoms with Crippen molar-refractivity contribution in [3.05, 3.63) is 35.3 Å². The van der Waals surface area contributed by atoms with E-state index in [2.05, 4.69) is 25.6 Å². The van der Waals surface area contributed by atoms with E-state index in [-0.39, 0.29) is 18.8 Å². The summed E-state index contributed by atoms with van der Waals surface area (Å²) in [6.07, 6.45) is 1.24. The minimum Gasteiger partial charge on any atom is -0.389 e. The second-order valence-electron chi connectivity index (χ2n) is 5.85. The molecule has 8 nitrogen and oxygen atoms in total. The van der Waals surface area contributed by atoms with Gasteiger partial charge in [-0.05, 0) is 13.8 Å². The average molecular weight is 360 g/mol. The lowest BCUT2D eigenvalue weighted by Crippen LogP contribution is -2.33. The molecular formula is C16H20N6O2S. The minimum absolute atomic E-state index is 0.0305. The molecule has 0 saturated carbocycles. The summed E-state index contributed by atoms with van der Waals surface area (Å²) < 4.78 is 0. The van der Waals surface area contributed by atoms with E-state index in [0.717, 1.165) is 10.6 Å². The van der Waals surface area contributed by atoms with Crippen LogP contribution >= 0.6 is 11.3 Å². The van der Waals surface area contributed by atoms with E-state index in [0.29, 0.717) is 5.01 Å². The first-order valence-electron chi connectivity index (χ1n) is 7.55. The standard InChI is InChI=1S/C16H20N6O2S/c1-16(2,24)10-18-8-12(20-17)14(23)19-9-13-21-22-15(25-13)11-6-4-3-5-7-11/h3-8,24H,9-10,17H2,1-2H3,(H,19,23)/b18-8?,20-12+. The number of rotatable bonds is 7. The van der Waals surface area contributed by atoms with Gasteiger partial charge in [0.2, 0.25) is 0 Å². The van der Waals surface area contributed by atoms with Crippen LogP contribution in [-0.2, 0) is 11.3 Å². The molecule has 0 fully saturated rings. The number of hydrazone groups is 1. The highest BCUT2D eigenvalue weighted by Crippen LogP contribution is 2.22. The Hall–Kier alpha value is -2.65. The molecule has 0 spiro atoms. The number of hydrogen-bond donors (Lipinski definition) is 3. The third-order valence-corrected chi connectivity index (χ3v) is 3.92. The predicted octanol–water partition coefficient (Wildman–Crippen LogP) is 0.978. The number of amides is 1. The van der Waals surface area contributed by atoms with Gasteiger partial charge in [-0.2, -0.15) is 5.10 Å². The summed E-state index contributed by atoms with van der Waals surface area (Å²) in [5.74, 6) is 4.75. The number of carbonyl (C=O) groups excluding carboxylic acids is 1. The first-order valence-corrected chi connectivity index (χ1v) is 8.37. The van der Waals surface area contributed by atoms with Crippen LogP contribution in [0.2, 0.25) is 0 Å².